The van der Waals surface area contributed by atoms with Crippen molar-refractivity contribution in [3.8, 4) is 11.8 Å². The molecule has 3 heteroatoms. The monoisotopic (exact) mass is 147 g/mol. The molecule has 1 rings (SSSR count). The molecule has 0 amide bonds. The molecule has 0 aromatic carbocycles. The van der Waals surface area contributed by atoms with Crippen LogP contribution in [0.4, 0.5) is 5.69 Å². The summed E-state index contributed by atoms with van der Waals surface area (Å²) in [5.41, 5.74) is 12.1. The average Bonchev–Trinajstić information content (AvgIpc) is 2.03. The summed E-state index contributed by atoms with van der Waals surface area (Å²) in [6, 6.07) is 1.76. The van der Waals surface area contributed by atoms with Crippen molar-refractivity contribution in [1.29, 1.82) is 0 Å². The molecule has 0 fully saturated rings. The summed E-state index contributed by atoms with van der Waals surface area (Å²) in [7, 11) is 0. The van der Waals surface area contributed by atoms with Gasteiger partial charge in [-0.25, -0.2) is 0 Å². The molecule has 1 aromatic rings. The van der Waals surface area contributed by atoms with E-state index >= 15 is 0 Å². The van der Waals surface area contributed by atoms with E-state index in [0.717, 1.165) is 5.56 Å². The predicted molar refractivity (Wildman–Crippen MR) is 44.6 cm³/mol. The molecule has 0 atom stereocenters. The van der Waals surface area contributed by atoms with Crippen molar-refractivity contribution < 1.29 is 0 Å². The molecule has 0 aliphatic heterocycles. The molecular weight excluding hydrogens is 138 g/mol. The van der Waals surface area contributed by atoms with E-state index in [-0.39, 0.29) is 0 Å². The normalized spacial score (nSPS) is 8.45. The maximum Gasteiger partial charge on any atom is 0.0659 e. The van der Waals surface area contributed by atoms with Gasteiger partial charge >= 0.3 is 0 Å². The molecule has 11 heavy (non-hydrogen) atoms. The Morgan fingerprint density at radius 3 is 3.00 bits per heavy atom. The lowest BCUT2D eigenvalue weighted by Crippen LogP contribution is -1.94. The van der Waals surface area contributed by atoms with E-state index in [4.69, 9.17) is 11.5 Å². The Morgan fingerprint density at radius 1 is 1.55 bits per heavy atom. The van der Waals surface area contributed by atoms with Crippen molar-refractivity contribution in [2.75, 3.05) is 12.3 Å². The highest BCUT2D eigenvalue weighted by molar-refractivity contribution is 5.53. The first-order valence-electron chi connectivity index (χ1n) is 3.23. The topological polar surface area (TPSA) is 64.9 Å². The SMILES string of the molecule is NCC#Cc1ccncc1N. The summed E-state index contributed by atoms with van der Waals surface area (Å²) >= 11 is 0. The molecule has 3 nitrogen and oxygen atoms in total. The number of hydrogen-bond acceptors (Lipinski definition) is 3. The summed E-state index contributed by atoms with van der Waals surface area (Å²) in [6.07, 6.45) is 3.22. The molecule has 0 unspecified atom stereocenters. The van der Waals surface area contributed by atoms with Crippen molar-refractivity contribution in [1.82, 2.24) is 4.98 Å². The second kappa shape index (κ2) is 3.59. The van der Waals surface area contributed by atoms with Crippen molar-refractivity contribution in [3.05, 3.63) is 24.0 Å². The summed E-state index contributed by atoms with van der Waals surface area (Å²) in [5, 5.41) is 0. The Morgan fingerprint density at radius 2 is 2.36 bits per heavy atom. The largest absolute Gasteiger partial charge is 0.396 e. The quantitative estimate of drug-likeness (QED) is 0.506. The highest BCUT2D eigenvalue weighted by Crippen LogP contribution is 2.05. The predicted octanol–water partition coefficient (Wildman–Crippen LogP) is -0.0260. The van der Waals surface area contributed by atoms with Gasteiger partial charge in [-0.05, 0) is 6.07 Å². The maximum absolute atomic E-state index is 5.56. The molecule has 0 spiro atoms. The van der Waals surface area contributed by atoms with Gasteiger partial charge in [0.2, 0.25) is 0 Å². The van der Waals surface area contributed by atoms with Gasteiger partial charge in [-0.3, -0.25) is 4.98 Å². The fourth-order valence-corrected chi connectivity index (χ4v) is 0.667. The minimum Gasteiger partial charge on any atom is -0.396 e. The second-order valence-electron chi connectivity index (χ2n) is 1.97. The highest BCUT2D eigenvalue weighted by atomic mass is 14.7. The van der Waals surface area contributed by atoms with Crippen LogP contribution in [0.15, 0.2) is 18.5 Å². The maximum atomic E-state index is 5.56. The minimum atomic E-state index is 0.349. The van der Waals surface area contributed by atoms with Crippen LogP contribution >= 0.6 is 0 Å². The summed E-state index contributed by atoms with van der Waals surface area (Å²) < 4.78 is 0. The zero-order chi connectivity index (χ0) is 8.10. The molecule has 0 saturated heterocycles. The van der Waals surface area contributed by atoms with Crippen LogP contribution in [0.3, 0.4) is 0 Å². The average molecular weight is 147 g/mol. The molecule has 1 aromatic heterocycles. The van der Waals surface area contributed by atoms with E-state index in [1.807, 2.05) is 0 Å². The molecule has 0 aliphatic rings. The molecule has 4 N–H and O–H groups in total. The van der Waals surface area contributed by atoms with Gasteiger partial charge in [0.25, 0.3) is 0 Å². The highest BCUT2D eigenvalue weighted by Gasteiger charge is 1.90. The van der Waals surface area contributed by atoms with Crippen LogP contribution in [-0.2, 0) is 0 Å². The van der Waals surface area contributed by atoms with Gasteiger partial charge < -0.3 is 11.5 Å². The van der Waals surface area contributed by atoms with Crippen LogP contribution in [-0.4, -0.2) is 11.5 Å². The number of nitrogen functional groups attached to an aromatic ring is 1. The van der Waals surface area contributed by atoms with Gasteiger partial charge in [0.15, 0.2) is 0 Å². The van der Waals surface area contributed by atoms with Gasteiger partial charge in [-0.15, -0.1) is 0 Å². The zero-order valence-electron chi connectivity index (χ0n) is 6.04. The lowest BCUT2D eigenvalue weighted by atomic mass is 10.2. The molecule has 0 saturated carbocycles. The van der Waals surface area contributed by atoms with E-state index < -0.39 is 0 Å². The van der Waals surface area contributed by atoms with Crippen molar-refractivity contribution >= 4 is 5.69 Å². The third kappa shape index (κ3) is 1.95. The van der Waals surface area contributed by atoms with Crippen molar-refractivity contribution in [2.45, 2.75) is 0 Å². The Bertz CT molecular complexity index is 296. The standard InChI is InChI=1S/C8H9N3/c9-4-1-2-7-3-5-11-6-8(7)10/h3,5-6H,4,9-10H2. The van der Waals surface area contributed by atoms with Crippen LogP contribution < -0.4 is 11.5 Å². The Hall–Kier alpha value is -1.53. The van der Waals surface area contributed by atoms with Crippen LogP contribution in [0.25, 0.3) is 0 Å². The van der Waals surface area contributed by atoms with Crippen LogP contribution in [0.2, 0.25) is 0 Å². The van der Waals surface area contributed by atoms with Gasteiger partial charge in [0.05, 0.1) is 24.0 Å². The van der Waals surface area contributed by atoms with Crippen molar-refractivity contribution in [3.63, 3.8) is 0 Å². The first-order valence-corrected chi connectivity index (χ1v) is 3.23. The first kappa shape index (κ1) is 7.58. The second-order valence-corrected chi connectivity index (χ2v) is 1.97. The Balaban J connectivity index is 2.95. The van der Waals surface area contributed by atoms with Gasteiger partial charge in [0.1, 0.15) is 0 Å². The zero-order valence-corrected chi connectivity index (χ0v) is 6.04. The summed E-state index contributed by atoms with van der Waals surface area (Å²) in [4.78, 5) is 3.83. The number of nitrogens with two attached hydrogens (primary N) is 2. The number of aromatic nitrogens is 1. The van der Waals surface area contributed by atoms with Gasteiger partial charge in [-0.1, -0.05) is 11.8 Å². The molecule has 0 radical (unpaired) electrons. The fraction of sp³-hybridized carbons (Fsp3) is 0.125. The van der Waals surface area contributed by atoms with Gasteiger partial charge in [0, 0.05) is 6.20 Å². The lowest BCUT2D eigenvalue weighted by Gasteiger charge is -1.93. The van der Waals surface area contributed by atoms with E-state index in [0.29, 0.717) is 12.2 Å². The molecule has 0 aliphatic carbocycles. The van der Waals surface area contributed by atoms with Crippen LogP contribution in [0, 0.1) is 11.8 Å². The minimum absolute atomic E-state index is 0.349. The third-order valence-corrected chi connectivity index (χ3v) is 1.18. The number of pyridine rings is 1. The number of nitrogens with zero attached hydrogens (tertiary/aromatic N) is 1. The number of anilines is 1. The Labute approximate surface area is 65.4 Å². The van der Waals surface area contributed by atoms with E-state index in [1.54, 1.807) is 18.5 Å². The van der Waals surface area contributed by atoms with E-state index in [9.17, 15) is 0 Å². The fourth-order valence-electron chi connectivity index (χ4n) is 0.667. The summed E-state index contributed by atoms with van der Waals surface area (Å²) in [5.74, 6) is 5.55. The Kier molecular flexibility index (Phi) is 2.47. The van der Waals surface area contributed by atoms with Gasteiger partial charge in [-0.2, -0.15) is 0 Å². The van der Waals surface area contributed by atoms with E-state index in [2.05, 4.69) is 16.8 Å². The molecule has 56 valence electrons. The van der Waals surface area contributed by atoms with Crippen LogP contribution in [0.1, 0.15) is 5.56 Å². The van der Waals surface area contributed by atoms with E-state index in [1.165, 1.54) is 0 Å². The third-order valence-electron chi connectivity index (χ3n) is 1.18. The van der Waals surface area contributed by atoms with Crippen molar-refractivity contribution in [2.24, 2.45) is 5.73 Å². The molecular formula is C8H9N3. The van der Waals surface area contributed by atoms with Crippen LogP contribution in [0.5, 0.6) is 0 Å². The summed E-state index contributed by atoms with van der Waals surface area (Å²) in [6.45, 7) is 0.349. The molecule has 0 bridgehead atoms. The first-order chi connectivity index (χ1) is 5.34. The number of hydrogen-bond donors (Lipinski definition) is 2. The molecule has 1 heterocycles. The smallest absolute Gasteiger partial charge is 0.0659 e. The number of rotatable bonds is 0. The lowest BCUT2D eigenvalue weighted by molar-refractivity contribution is 1.29.